The van der Waals surface area contributed by atoms with E-state index in [1.807, 2.05) is 17.5 Å². The summed E-state index contributed by atoms with van der Waals surface area (Å²) in [6, 6.07) is 71.8. The molecule has 132 heavy (non-hydrogen) atoms. The summed E-state index contributed by atoms with van der Waals surface area (Å²) >= 11 is 1.89. The van der Waals surface area contributed by atoms with Crippen molar-refractivity contribution in [2.75, 3.05) is 24.5 Å². The van der Waals surface area contributed by atoms with Gasteiger partial charge in [-0.25, -0.2) is 24.9 Å². The van der Waals surface area contributed by atoms with Crippen LogP contribution in [0.4, 0.5) is 28.4 Å². The van der Waals surface area contributed by atoms with Gasteiger partial charge in [0.15, 0.2) is 0 Å². The maximum atomic E-state index is 5.21. The van der Waals surface area contributed by atoms with Gasteiger partial charge in [-0.2, -0.15) is 0 Å². The molecule has 13 aliphatic rings. The van der Waals surface area contributed by atoms with Crippen molar-refractivity contribution in [3.63, 3.8) is 0 Å². The molecule has 10 aromatic heterocycles. The Hall–Kier alpha value is -11.0. The van der Waals surface area contributed by atoms with Gasteiger partial charge in [0.05, 0.1) is 103 Å². The number of anilines is 5. The Bertz CT molecular complexity index is 6900. The maximum Gasteiger partial charge on any atom is 0.137 e. The van der Waals surface area contributed by atoms with Crippen LogP contribution in [0.5, 0.6) is 0 Å². The van der Waals surface area contributed by atoms with E-state index in [9.17, 15) is 0 Å². The second kappa shape index (κ2) is 30.0. The minimum Gasteiger partial charge on any atom is -0.353 e. The van der Waals surface area contributed by atoms with Crippen molar-refractivity contribution in [3.8, 4) is 0 Å². The molecule has 5 aromatic carbocycles. The lowest BCUT2D eigenvalue weighted by Gasteiger charge is -2.63. The van der Waals surface area contributed by atoms with Crippen LogP contribution in [-0.2, 0) is 38.5 Å². The highest BCUT2D eigenvalue weighted by Crippen LogP contribution is 2.73. The molecule has 0 saturated heterocycles. The summed E-state index contributed by atoms with van der Waals surface area (Å²) in [4.78, 5) is 41.3. The lowest BCUT2D eigenvalue weighted by Crippen LogP contribution is -2.62. The Morgan fingerprint density at radius 3 is 1.13 bits per heavy atom. The van der Waals surface area contributed by atoms with Crippen molar-refractivity contribution in [3.05, 3.63) is 320 Å². The van der Waals surface area contributed by atoms with Gasteiger partial charge in [0.25, 0.3) is 0 Å². The molecule has 678 valence electrons. The Balaban J connectivity index is 0.0000000937. The van der Waals surface area contributed by atoms with Crippen LogP contribution in [0.2, 0.25) is 0 Å². The van der Waals surface area contributed by atoms with Gasteiger partial charge in [-0.15, -0.1) is 11.3 Å². The van der Waals surface area contributed by atoms with Crippen molar-refractivity contribution in [2.24, 2.45) is 34.5 Å². The standard InChI is InChI=1S/C26H29N3.C24H29N3.C24H28N2S.C22H25N3.C21H23N3/c1-16-7-3-4-8-22(16)29-17(2)24-25(28-10-6-5-9-23(28)27-24)26(29)20-12-18-11-19(14-20)15-21(26)13-18;1-15-11-10-12-17-20(15)27-16(2)19-21(26-14-9-8-13-18(26)25-19)24(27,7)23(5,6)22(17,3)4;1-14-10-8-12-17-19(14)26-15(2)20-18(16-11-9-13-25-21(16)27-20)24(26,7)23(5,6)22(17,3)4;1-16-10-4-5-11-18(16)25-17(2)20-21(22(25)13-7-3-8-14-22)24-15-9-6-12-19(24)23-20;1-15-9-3-4-10-17(15)24-16(2)19-20(21(24)12-6-7-13-21)23-14-8-5-11-18(23)22-19/h3-10,17-21H,11-15H2,1-2H3;8-14,16H,1-7H3;8-13,15H,1-7H3;4-6,9-12,15,17H,3,7-8,13-14H2,1-2H3;3-5,8-11,14,16H,6-7,12-13H2,1-2H3. The molecule has 7 aliphatic heterocycles. The number of aryl methyl sites for hydroxylation is 5. The van der Waals surface area contributed by atoms with Crippen LogP contribution in [0.25, 0.3) is 32.8 Å². The third-order valence-electron chi connectivity index (χ3n) is 37.6. The van der Waals surface area contributed by atoms with Crippen LogP contribution in [0.15, 0.2) is 225 Å². The van der Waals surface area contributed by atoms with E-state index in [0.717, 1.165) is 46.3 Å². The van der Waals surface area contributed by atoms with Crippen molar-refractivity contribution in [1.82, 2.24) is 42.5 Å². The van der Waals surface area contributed by atoms with E-state index < -0.39 is 0 Å². The molecule has 7 unspecified atom stereocenters. The zero-order valence-corrected chi connectivity index (χ0v) is 82.4. The van der Waals surface area contributed by atoms with E-state index in [2.05, 4.69) is 399 Å². The van der Waals surface area contributed by atoms with Gasteiger partial charge in [-0.3, -0.25) is 0 Å². The number of hydrogen-bond donors (Lipinski definition) is 0. The fourth-order valence-corrected chi connectivity index (χ4v) is 31.5. The topological polar surface area (TPSA) is 98.3 Å². The predicted molar refractivity (Wildman–Crippen MR) is 543 cm³/mol. The van der Waals surface area contributed by atoms with Crippen LogP contribution < -0.4 is 24.5 Å². The normalized spacial score (nSPS) is 27.4. The van der Waals surface area contributed by atoms with Gasteiger partial charge in [0, 0.05) is 86.1 Å². The van der Waals surface area contributed by atoms with Crippen LogP contribution in [0.1, 0.15) is 319 Å². The second-order valence-electron chi connectivity index (χ2n) is 44.4. The average molecular weight is 1770 g/mol. The van der Waals surface area contributed by atoms with Crippen LogP contribution in [-0.4, -0.2) is 42.5 Å². The highest BCUT2D eigenvalue weighted by atomic mass is 32.1. The van der Waals surface area contributed by atoms with Gasteiger partial charge in [0.1, 0.15) is 27.4 Å². The van der Waals surface area contributed by atoms with Gasteiger partial charge in [-0.1, -0.05) is 209 Å². The molecule has 28 rings (SSSR count). The number of fused-ring (bicyclic) bond motifs is 25. The van der Waals surface area contributed by atoms with Gasteiger partial charge >= 0.3 is 0 Å². The predicted octanol–water partition coefficient (Wildman–Crippen LogP) is 28.7. The zero-order chi connectivity index (χ0) is 91.4. The zero-order valence-electron chi connectivity index (χ0n) is 81.6. The number of para-hydroxylation sites is 5. The molecule has 15 heteroatoms. The highest BCUT2D eigenvalue weighted by molar-refractivity contribution is 7.19. The van der Waals surface area contributed by atoms with Crippen molar-refractivity contribution in [2.45, 2.75) is 297 Å². The van der Waals surface area contributed by atoms with Crippen molar-refractivity contribution < 1.29 is 0 Å². The summed E-state index contributed by atoms with van der Waals surface area (Å²) in [5.41, 5.74) is 33.7. The Morgan fingerprint density at radius 1 is 0.326 bits per heavy atom. The summed E-state index contributed by atoms with van der Waals surface area (Å²) in [6.45, 7) is 47.5. The smallest absolute Gasteiger partial charge is 0.137 e. The van der Waals surface area contributed by atoms with E-state index in [0.29, 0.717) is 24.2 Å². The van der Waals surface area contributed by atoms with Crippen LogP contribution in [0, 0.1) is 69.1 Å². The second-order valence-corrected chi connectivity index (χ2v) is 45.5. The molecule has 0 amide bonds. The molecule has 0 N–H and O–H groups in total. The first-order chi connectivity index (χ1) is 63.4. The molecule has 4 bridgehead atoms. The van der Waals surface area contributed by atoms with Gasteiger partial charge in [-0.05, 0) is 287 Å². The molecule has 17 heterocycles. The summed E-state index contributed by atoms with van der Waals surface area (Å²) in [6.07, 6.45) is 29.3. The molecule has 6 fully saturated rings. The summed E-state index contributed by atoms with van der Waals surface area (Å²) in [5, 5.41) is 1.34. The van der Waals surface area contributed by atoms with Crippen molar-refractivity contribution >= 4 is 72.6 Å². The summed E-state index contributed by atoms with van der Waals surface area (Å²) in [5.74, 6) is 3.42. The number of imidazole rings is 4. The van der Waals surface area contributed by atoms with E-state index >= 15 is 0 Å². The minimum absolute atomic E-state index is 0.00606. The van der Waals surface area contributed by atoms with Crippen LogP contribution in [0.3, 0.4) is 0 Å². The molecule has 7 atom stereocenters. The number of nitrogens with zero attached hydrogens (tertiary/aromatic N) is 14. The quantitative estimate of drug-likeness (QED) is 0.170. The van der Waals surface area contributed by atoms with Crippen molar-refractivity contribution in [1.29, 1.82) is 0 Å². The highest BCUT2D eigenvalue weighted by Gasteiger charge is 2.70. The first kappa shape index (κ1) is 85.2. The first-order valence-electron chi connectivity index (χ1n) is 50.0. The molecule has 6 saturated carbocycles. The Kier molecular flexibility index (Phi) is 19.3. The first-order valence-corrected chi connectivity index (χ1v) is 50.8. The molecular weight excluding hydrogens is 1630 g/mol. The minimum atomic E-state index is -0.148. The van der Waals surface area contributed by atoms with Gasteiger partial charge < -0.3 is 42.1 Å². The van der Waals surface area contributed by atoms with E-state index in [1.54, 1.807) is 0 Å². The average Bonchev–Trinajstić information content (AvgIpc) is 1.48. The molecule has 0 radical (unpaired) electrons. The Labute approximate surface area is 786 Å². The van der Waals surface area contributed by atoms with Gasteiger partial charge in [0.2, 0.25) is 0 Å². The number of pyridine rings is 5. The van der Waals surface area contributed by atoms with Crippen LogP contribution >= 0.6 is 11.3 Å². The summed E-state index contributed by atoms with van der Waals surface area (Å²) < 4.78 is 9.48. The monoisotopic (exact) mass is 1770 g/mol. The molecule has 14 nitrogen and oxygen atoms in total. The number of thiophene rings is 1. The fraction of sp³-hybridized carbons (Fsp3) is 0.444. The van der Waals surface area contributed by atoms with E-state index in [1.165, 1.54) is 223 Å². The fourth-order valence-electron chi connectivity index (χ4n) is 30.2. The lowest BCUT2D eigenvalue weighted by molar-refractivity contribution is -0.0623. The third-order valence-corrected chi connectivity index (χ3v) is 38.9. The molecular formula is C117H134N14S. The molecule has 3 spiro atoms. The molecule has 6 aliphatic carbocycles. The third kappa shape index (κ3) is 11.2. The Morgan fingerprint density at radius 2 is 0.682 bits per heavy atom. The van der Waals surface area contributed by atoms with E-state index in [-0.39, 0.29) is 55.4 Å². The lowest BCUT2D eigenvalue weighted by atomic mass is 9.47. The maximum absolute atomic E-state index is 5.21. The largest absolute Gasteiger partial charge is 0.353 e. The number of aromatic nitrogens is 9. The SMILES string of the molecule is Cc1cccc2c1N1C(C)c3nc4ccccn4c3C1(C)C(C)(C)C2(C)C.Cc1cccc2c1N1C(C)c3sc4ncccc4c3C1(C)C(C)(C)C2(C)C.Cc1ccccc1N1C(C)c2nc3ccccn3c2C12C1CC3CC(C1)CC2C3.Cc1ccccc1N1C(C)c2nc3ccccn3c2C12CCCC2.Cc1ccccc1N1C(C)c2nc3ccccn3c2C12CCCCC2. The van der Waals surface area contributed by atoms with E-state index in [4.69, 9.17) is 24.9 Å². The number of hydrogen-bond acceptors (Lipinski definition) is 11. The molecule has 15 aromatic rings. The number of benzene rings is 5. The number of rotatable bonds is 3. The summed E-state index contributed by atoms with van der Waals surface area (Å²) in [7, 11) is 0.